The lowest BCUT2D eigenvalue weighted by Gasteiger charge is -2.10. The maximum atomic E-state index is 12.1. The second kappa shape index (κ2) is 7.09. The summed E-state index contributed by atoms with van der Waals surface area (Å²) in [4.78, 5) is 12.0. The van der Waals surface area contributed by atoms with Crippen LogP contribution in [0.5, 0.6) is 0 Å². The highest BCUT2D eigenvalue weighted by Crippen LogP contribution is 2.13. The second-order valence-corrected chi connectivity index (χ2v) is 5.82. The second-order valence-electron chi connectivity index (χ2n) is 4.25. The maximum absolute atomic E-state index is 12.1. The van der Waals surface area contributed by atoms with Gasteiger partial charge in [-0.15, -0.1) is 0 Å². The van der Waals surface area contributed by atoms with Gasteiger partial charge in [-0.2, -0.15) is 0 Å². The molecule has 0 heterocycles. The predicted molar refractivity (Wildman–Crippen MR) is 77.1 cm³/mol. The molecule has 2 aromatic rings. The SMILES string of the molecule is O=C(NO)c1ccc(CC[S+]([O-])c2ccccc2)cc1. The fraction of sp³-hybridized carbons (Fsp3) is 0.133. The summed E-state index contributed by atoms with van der Waals surface area (Å²) in [6.45, 7) is 0. The van der Waals surface area contributed by atoms with Crippen LogP contribution >= 0.6 is 0 Å². The number of amides is 1. The molecule has 1 unspecified atom stereocenters. The Morgan fingerprint density at radius 2 is 1.75 bits per heavy atom. The Hall–Kier alpha value is -1.82. The van der Waals surface area contributed by atoms with E-state index < -0.39 is 17.1 Å². The first-order valence-corrected chi connectivity index (χ1v) is 7.49. The minimum absolute atomic E-state index is 0.389. The van der Waals surface area contributed by atoms with E-state index >= 15 is 0 Å². The van der Waals surface area contributed by atoms with Crippen molar-refractivity contribution in [3.8, 4) is 0 Å². The van der Waals surface area contributed by atoms with Crippen LogP contribution in [-0.4, -0.2) is 21.4 Å². The predicted octanol–water partition coefficient (Wildman–Crippen LogP) is 2.16. The summed E-state index contributed by atoms with van der Waals surface area (Å²) in [6, 6.07) is 16.2. The van der Waals surface area contributed by atoms with Crippen LogP contribution in [0, 0.1) is 0 Å². The zero-order valence-electron chi connectivity index (χ0n) is 10.8. The number of carbonyl (C=O) groups is 1. The highest BCUT2D eigenvalue weighted by atomic mass is 32.2. The van der Waals surface area contributed by atoms with Gasteiger partial charge in [-0.3, -0.25) is 10.0 Å². The van der Waals surface area contributed by atoms with Crippen molar-refractivity contribution in [3.63, 3.8) is 0 Å². The number of aryl methyl sites for hydroxylation is 1. The first-order chi connectivity index (χ1) is 9.70. The largest absolute Gasteiger partial charge is 0.611 e. The first kappa shape index (κ1) is 14.6. The van der Waals surface area contributed by atoms with E-state index in [2.05, 4.69) is 0 Å². The molecule has 0 aliphatic heterocycles. The molecule has 4 nitrogen and oxygen atoms in total. The van der Waals surface area contributed by atoms with Gasteiger partial charge in [0.1, 0.15) is 5.75 Å². The zero-order chi connectivity index (χ0) is 14.4. The van der Waals surface area contributed by atoms with Crippen molar-refractivity contribution in [1.82, 2.24) is 5.48 Å². The molecule has 0 fully saturated rings. The third-order valence-electron chi connectivity index (χ3n) is 2.90. The molecular weight excluding hydrogens is 274 g/mol. The molecule has 0 aromatic heterocycles. The third kappa shape index (κ3) is 3.84. The maximum Gasteiger partial charge on any atom is 0.274 e. The topological polar surface area (TPSA) is 72.4 Å². The van der Waals surface area contributed by atoms with Crippen LogP contribution in [0.1, 0.15) is 15.9 Å². The third-order valence-corrected chi connectivity index (χ3v) is 4.27. The van der Waals surface area contributed by atoms with E-state index in [1.165, 1.54) is 0 Å². The monoisotopic (exact) mass is 289 g/mol. The Balaban J connectivity index is 1.93. The van der Waals surface area contributed by atoms with E-state index in [4.69, 9.17) is 5.21 Å². The van der Waals surface area contributed by atoms with Crippen LogP contribution in [0.2, 0.25) is 0 Å². The van der Waals surface area contributed by atoms with Gasteiger partial charge >= 0.3 is 0 Å². The number of hydroxylamine groups is 1. The fourth-order valence-corrected chi connectivity index (χ4v) is 2.91. The van der Waals surface area contributed by atoms with Crippen molar-refractivity contribution in [3.05, 3.63) is 65.7 Å². The van der Waals surface area contributed by atoms with Crippen molar-refractivity contribution in [2.75, 3.05) is 5.75 Å². The van der Waals surface area contributed by atoms with Crippen LogP contribution in [0.15, 0.2) is 59.5 Å². The van der Waals surface area contributed by atoms with E-state index in [-0.39, 0.29) is 0 Å². The van der Waals surface area contributed by atoms with Crippen molar-refractivity contribution >= 4 is 17.1 Å². The molecule has 0 aliphatic rings. The van der Waals surface area contributed by atoms with Crippen molar-refractivity contribution in [1.29, 1.82) is 0 Å². The minimum Gasteiger partial charge on any atom is -0.611 e. The Kier molecular flexibility index (Phi) is 5.17. The van der Waals surface area contributed by atoms with Crippen LogP contribution in [0.4, 0.5) is 0 Å². The van der Waals surface area contributed by atoms with Crippen LogP contribution < -0.4 is 5.48 Å². The molecule has 1 amide bonds. The summed E-state index contributed by atoms with van der Waals surface area (Å²) in [5, 5.41) is 8.52. The van der Waals surface area contributed by atoms with E-state index in [1.807, 2.05) is 30.3 Å². The van der Waals surface area contributed by atoms with E-state index in [9.17, 15) is 9.35 Å². The van der Waals surface area contributed by atoms with E-state index in [0.29, 0.717) is 17.7 Å². The molecule has 20 heavy (non-hydrogen) atoms. The summed E-state index contributed by atoms with van der Waals surface area (Å²) < 4.78 is 12.1. The van der Waals surface area contributed by atoms with Crippen molar-refractivity contribution in [2.24, 2.45) is 0 Å². The lowest BCUT2D eigenvalue weighted by molar-refractivity contribution is 0.0706. The van der Waals surface area contributed by atoms with Gasteiger partial charge in [0.05, 0.1) is 0 Å². The molecule has 2 N–H and O–H groups in total. The van der Waals surface area contributed by atoms with Crippen LogP contribution in [0.3, 0.4) is 0 Å². The fourth-order valence-electron chi connectivity index (χ4n) is 1.79. The van der Waals surface area contributed by atoms with Gasteiger partial charge in [-0.25, -0.2) is 5.48 Å². The minimum atomic E-state index is -1.02. The quantitative estimate of drug-likeness (QED) is 0.503. The molecule has 0 saturated carbocycles. The molecule has 0 bridgehead atoms. The Labute approximate surface area is 120 Å². The molecule has 2 rings (SSSR count). The molecule has 0 saturated heterocycles. The van der Waals surface area contributed by atoms with Gasteiger partial charge < -0.3 is 4.55 Å². The summed E-state index contributed by atoms with van der Waals surface area (Å²) in [5.74, 6) is -0.000323. The molecule has 5 heteroatoms. The van der Waals surface area contributed by atoms with Crippen LogP contribution in [0.25, 0.3) is 0 Å². The average molecular weight is 289 g/mol. The first-order valence-electron chi connectivity index (χ1n) is 6.17. The van der Waals surface area contributed by atoms with Crippen molar-refractivity contribution < 1.29 is 14.6 Å². The van der Waals surface area contributed by atoms with Gasteiger partial charge in [-0.1, -0.05) is 30.3 Å². The van der Waals surface area contributed by atoms with E-state index in [1.54, 1.807) is 29.7 Å². The number of benzene rings is 2. The van der Waals surface area contributed by atoms with Crippen LogP contribution in [-0.2, 0) is 17.6 Å². The molecule has 0 aliphatic carbocycles. The highest BCUT2D eigenvalue weighted by Gasteiger charge is 2.10. The Morgan fingerprint density at radius 1 is 1.10 bits per heavy atom. The van der Waals surface area contributed by atoms with Gasteiger partial charge in [0.15, 0.2) is 4.90 Å². The average Bonchev–Trinajstić information content (AvgIpc) is 2.53. The van der Waals surface area contributed by atoms with Gasteiger partial charge in [0.25, 0.3) is 5.91 Å². The summed E-state index contributed by atoms with van der Waals surface area (Å²) in [6.07, 6.45) is 0.669. The summed E-state index contributed by atoms with van der Waals surface area (Å²) in [7, 11) is 0. The standard InChI is InChI=1S/C15H15NO3S/c17-15(16-18)13-8-6-12(7-9-13)10-11-20(19)14-4-2-1-3-5-14/h1-9,18H,10-11H2,(H,16,17). The number of carbonyl (C=O) groups excluding carboxylic acids is 1. The lowest BCUT2D eigenvalue weighted by atomic mass is 10.1. The number of nitrogens with one attached hydrogen (secondary N) is 1. The Morgan fingerprint density at radius 3 is 2.35 bits per heavy atom. The molecular formula is C15H15NO3S. The molecule has 0 radical (unpaired) electrons. The van der Waals surface area contributed by atoms with Gasteiger partial charge in [0, 0.05) is 12.0 Å². The lowest BCUT2D eigenvalue weighted by Crippen LogP contribution is -2.18. The van der Waals surface area contributed by atoms with Crippen molar-refractivity contribution in [2.45, 2.75) is 11.3 Å². The zero-order valence-corrected chi connectivity index (χ0v) is 11.6. The normalized spacial score (nSPS) is 11.9. The number of hydrogen-bond acceptors (Lipinski definition) is 3. The van der Waals surface area contributed by atoms with E-state index in [0.717, 1.165) is 10.5 Å². The number of hydrogen-bond donors (Lipinski definition) is 2. The van der Waals surface area contributed by atoms with Gasteiger partial charge in [-0.05, 0) is 41.0 Å². The Bertz CT molecular complexity index is 557. The number of rotatable bonds is 5. The molecule has 0 spiro atoms. The molecule has 104 valence electrons. The summed E-state index contributed by atoms with van der Waals surface area (Å²) >= 11 is -1.02. The molecule has 1 atom stereocenters. The smallest absolute Gasteiger partial charge is 0.274 e. The molecule has 2 aromatic carbocycles. The van der Waals surface area contributed by atoms with Gasteiger partial charge in [0.2, 0.25) is 0 Å². The summed E-state index contributed by atoms with van der Waals surface area (Å²) in [5.41, 5.74) is 2.98. The highest BCUT2D eigenvalue weighted by molar-refractivity contribution is 7.91.